The number of alkyl halides is 3. The van der Waals surface area contributed by atoms with Gasteiger partial charge in [0.15, 0.2) is 23.6 Å². The molecule has 1 amide bonds. The largest absolute Gasteiger partial charge is 0.465 e. The Bertz CT molecular complexity index is 1450. The molecular formula is C20H16ClF3N8O4. The molecule has 3 N–H and O–H groups in total. The second-order valence-electron chi connectivity index (χ2n) is 7.35. The van der Waals surface area contributed by atoms with E-state index < -0.39 is 30.6 Å². The quantitative estimate of drug-likeness (QED) is 0.333. The molecule has 12 nitrogen and oxygen atoms in total. The Morgan fingerprint density at radius 1 is 1.14 bits per heavy atom. The van der Waals surface area contributed by atoms with Gasteiger partial charge in [-0.15, -0.1) is 10.2 Å². The van der Waals surface area contributed by atoms with Crippen molar-refractivity contribution in [3.63, 3.8) is 0 Å². The number of benzene rings is 1. The van der Waals surface area contributed by atoms with E-state index in [2.05, 4.69) is 25.5 Å². The maximum Gasteiger partial charge on any atom is 0.416 e. The van der Waals surface area contributed by atoms with Gasteiger partial charge >= 0.3 is 18.0 Å². The number of halogens is 4. The van der Waals surface area contributed by atoms with E-state index in [9.17, 15) is 27.9 Å². The van der Waals surface area contributed by atoms with Gasteiger partial charge in [-0.05, 0) is 36.4 Å². The highest BCUT2D eigenvalue weighted by molar-refractivity contribution is 6.30. The summed E-state index contributed by atoms with van der Waals surface area (Å²) in [7, 11) is 0. The molecule has 4 rings (SSSR count). The van der Waals surface area contributed by atoms with Crippen LogP contribution in [-0.4, -0.2) is 62.7 Å². The number of carboxylic acid groups (broad SMARTS) is 1. The van der Waals surface area contributed by atoms with Gasteiger partial charge in [-0.2, -0.15) is 13.2 Å². The lowest BCUT2D eigenvalue weighted by Gasteiger charge is -2.15. The van der Waals surface area contributed by atoms with Crippen LogP contribution in [0, 0.1) is 0 Å². The summed E-state index contributed by atoms with van der Waals surface area (Å²) >= 11 is 5.88. The van der Waals surface area contributed by atoms with E-state index in [0.29, 0.717) is 15.2 Å². The maximum absolute atomic E-state index is 13.0. The number of amides is 1. The second-order valence-corrected chi connectivity index (χ2v) is 7.78. The third kappa shape index (κ3) is 5.36. The highest BCUT2D eigenvalue weighted by Gasteiger charge is 2.39. The highest BCUT2D eigenvalue weighted by Crippen LogP contribution is 2.24. The molecular weight excluding hydrogens is 509 g/mol. The van der Waals surface area contributed by atoms with E-state index in [0.717, 1.165) is 4.68 Å². The summed E-state index contributed by atoms with van der Waals surface area (Å²) in [5, 5.41) is 29.4. The van der Waals surface area contributed by atoms with Gasteiger partial charge in [-0.3, -0.25) is 9.88 Å². The first-order valence-corrected chi connectivity index (χ1v) is 10.4. The minimum absolute atomic E-state index is 0.0194. The van der Waals surface area contributed by atoms with Crippen LogP contribution in [0.5, 0.6) is 0 Å². The number of nitrogens with one attached hydrogen (secondary N) is 1. The molecule has 0 saturated heterocycles. The van der Waals surface area contributed by atoms with Crippen molar-refractivity contribution in [3.05, 3.63) is 70.3 Å². The number of hydrogen-bond acceptors (Lipinski definition) is 7. The molecule has 0 radical (unpaired) electrons. The smallest absolute Gasteiger partial charge is 0.416 e. The average molecular weight is 525 g/mol. The summed E-state index contributed by atoms with van der Waals surface area (Å²) in [5.41, 5.74) is -0.399. The van der Waals surface area contributed by atoms with Crippen molar-refractivity contribution in [2.45, 2.75) is 25.4 Å². The fraction of sp³-hybridized carbons (Fsp3) is 0.200. The van der Waals surface area contributed by atoms with E-state index in [-0.39, 0.29) is 29.7 Å². The van der Waals surface area contributed by atoms with Crippen molar-refractivity contribution in [2.24, 2.45) is 0 Å². The fourth-order valence-corrected chi connectivity index (χ4v) is 3.32. The number of rotatable bonds is 7. The van der Waals surface area contributed by atoms with Gasteiger partial charge in [0.25, 0.3) is 0 Å². The van der Waals surface area contributed by atoms with Crippen molar-refractivity contribution in [1.29, 1.82) is 0 Å². The van der Waals surface area contributed by atoms with Crippen LogP contribution in [-0.2, 0) is 13.1 Å². The van der Waals surface area contributed by atoms with Crippen LogP contribution in [0.2, 0.25) is 5.02 Å². The highest BCUT2D eigenvalue weighted by atomic mass is 35.5. The fourth-order valence-electron chi connectivity index (χ4n) is 3.20. The van der Waals surface area contributed by atoms with Crippen molar-refractivity contribution in [3.8, 4) is 17.1 Å². The lowest BCUT2D eigenvalue weighted by atomic mass is 10.2. The Balaban J connectivity index is 1.69. The minimum Gasteiger partial charge on any atom is -0.465 e. The number of pyridine rings is 1. The first-order chi connectivity index (χ1) is 17.0. The summed E-state index contributed by atoms with van der Waals surface area (Å²) < 4.78 is 41.8. The summed E-state index contributed by atoms with van der Waals surface area (Å²) in [6.45, 7) is -1.41. The Morgan fingerprint density at radius 2 is 1.86 bits per heavy atom. The number of aliphatic hydroxyl groups excluding tert-OH is 1. The topological polar surface area (TPSA) is 153 Å². The second kappa shape index (κ2) is 9.79. The molecule has 0 fully saturated rings. The van der Waals surface area contributed by atoms with Crippen LogP contribution in [0.3, 0.4) is 0 Å². The van der Waals surface area contributed by atoms with E-state index in [1.54, 1.807) is 6.07 Å². The third-order valence-electron chi connectivity index (χ3n) is 4.85. The van der Waals surface area contributed by atoms with Crippen molar-refractivity contribution >= 4 is 23.5 Å². The molecule has 0 aliphatic heterocycles. The molecule has 36 heavy (non-hydrogen) atoms. The summed E-state index contributed by atoms with van der Waals surface area (Å²) in [6, 6.07) is 8.96. The SMILES string of the molecule is O=C(O)Nc1ncccc1-n1cnc(Cn2nc(-c3ccc(Cl)cc3)n(C[C@H](O)C(F)(F)F)c2=O)n1. The van der Waals surface area contributed by atoms with Crippen molar-refractivity contribution < 1.29 is 28.2 Å². The van der Waals surface area contributed by atoms with Gasteiger partial charge < -0.3 is 10.2 Å². The van der Waals surface area contributed by atoms with Crippen LogP contribution in [0.15, 0.2) is 53.7 Å². The lowest BCUT2D eigenvalue weighted by molar-refractivity contribution is -0.207. The molecule has 0 spiro atoms. The first kappa shape index (κ1) is 24.9. The zero-order chi connectivity index (χ0) is 26.0. The van der Waals surface area contributed by atoms with Crippen molar-refractivity contribution in [2.75, 3.05) is 5.32 Å². The summed E-state index contributed by atoms with van der Waals surface area (Å²) in [6.07, 6.45) is -6.49. The van der Waals surface area contributed by atoms with Gasteiger partial charge in [-0.1, -0.05) is 11.6 Å². The molecule has 1 atom stereocenters. The average Bonchev–Trinajstić information content (AvgIpc) is 3.39. The maximum atomic E-state index is 13.0. The molecule has 1 aromatic carbocycles. The zero-order valence-electron chi connectivity index (χ0n) is 18.0. The molecule has 0 unspecified atom stereocenters. The number of aliphatic hydroxyl groups is 1. The van der Waals surface area contributed by atoms with Crippen LogP contribution in [0.25, 0.3) is 17.1 Å². The summed E-state index contributed by atoms with van der Waals surface area (Å²) in [5.74, 6) is -0.0976. The number of anilines is 1. The molecule has 0 bridgehead atoms. The number of nitrogens with zero attached hydrogens (tertiary/aromatic N) is 7. The standard InChI is InChI=1S/C20H16ClF3N8O4/c21-12-5-3-11(4-6-12)17-29-31(19(36)30(17)8-14(33)20(22,23)24)9-15-26-10-32(28-15)13-2-1-7-25-16(13)27-18(34)35/h1-7,10,14,33H,8-9H2,(H,25,27)(H,34,35)/t14-/m0/s1. The first-order valence-electron chi connectivity index (χ1n) is 10.1. The van der Waals surface area contributed by atoms with Gasteiger partial charge in [0.1, 0.15) is 18.6 Å². The monoisotopic (exact) mass is 524 g/mol. The number of carbonyl (C=O) groups is 1. The molecule has 0 aliphatic carbocycles. The normalized spacial score (nSPS) is 12.5. The Kier molecular flexibility index (Phi) is 6.76. The number of hydrogen-bond donors (Lipinski definition) is 3. The van der Waals surface area contributed by atoms with Gasteiger partial charge in [0.2, 0.25) is 0 Å². The van der Waals surface area contributed by atoms with Crippen LogP contribution in [0.4, 0.5) is 23.8 Å². The molecule has 3 aromatic heterocycles. The van der Waals surface area contributed by atoms with Crippen LogP contribution >= 0.6 is 11.6 Å². The van der Waals surface area contributed by atoms with Gasteiger partial charge in [0.05, 0.1) is 6.54 Å². The Labute approximate surface area is 204 Å². The van der Waals surface area contributed by atoms with Crippen molar-refractivity contribution in [1.82, 2.24) is 34.1 Å². The predicted octanol–water partition coefficient (Wildman–Crippen LogP) is 2.40. The minimum atomic E-state index is -4.95. The molecule has 3 heterocycles. The van der Waals surface area contributed by atoms with E-state index in [1.807, 2.05) is 0 Å². The van der Waals surface area contributed by atoms with E-state index >= 15 is 0 Å². The van der Waals surface area contributed by atoms with Crippen LogP contribution < -0.4 is 11.0 Å². The molecule has 4 aromatic rings. The molecule has 0 saturated carbocycles. The van der Waals surface area contributed by atoms with Crippen LogP contribution in [0.1, 0.15) is 5.82 Å². The zero-order valence-corrected chi connectivity index (χ0v) is 18.7. The van der Waals surface area contributed by atoms with Gasteiger partial charge in [0, 0.05) is 16.8 Å². The van der Waals surface area contributed by atoms with E-state index in [4.69, 9.17) is 16.7 Å². The Hall–Kier alpha value is -4.24. The van der Waals surface area contributed by atoms with Gasteiger partial charge in [-0.25, -0.2) is 28.9 Å². The lowest BCUT2D eigenvalue weighted by Crippen LogP contribution is -2.37. The summed E-state index contributed by atoms with van der Waals surface area (Å²) in [4.78, 5) is 32.0. The van der Waals surface area contributed by atoms with E-state index in [1.165, 1.54) is 47.5 Å². The predicted molar refractivity (Wildman–Crippen MR) is 119 cm³/mol. The molecule has 0 aliphatic rings. The third-order valence-corrected chi connectivity index (χ3v) is 5.10. The molecule has 188 valence electrons. The Morgan fingerprint density at radius 3 is 2.53 bits per heavy atom. The molecule has 16 heteroatoms. The number of aromatic nitrogens is 7.